The molecule has 0 spiro atoms. The Morgan fingerprint density at radius 3 is 2.47 bits per heavy atom. The Morgan fingerprint density at radius 1 is 0.974 bits per heavy atom. The Morgan fingerprint density at radius 2 is 1.74 bits per heavy atom. The number of nitrogens with zero attached hydrogens (tertiary/aromatic N) is 2. The molecule has 1 N–H and O–H groups in total. The molecule has 2 aromatic heterocycles. The van der Waals surface area contributed by atoms with Crippen molar-refractivity contribution in [2.45, 2.75) is 6.10 Å². The van der Waals surface area contributed by atoms with Crippen molar-refractivity contribution in [3.05, 3.63) is 124 Å². The monoisotopic (exact) mass is 527 g/mol. The molecule has 0 aliphatic carbocycles. The van der Waals surface area contributed by atoms with Crippen LogP contribution in [-0.4, -0.2) is 21.8 Å². The number of esters is 1. The van der Waals surface area contributed by atoms with Crippen molar-refractivity contribution in [3.63, 3.8) is 0 Å². The van der Waals surface area contributed by atoms with Gasteiger partial charge in [0.05, 0.1) is 22.3 Å². The van der Waals surface area contributed by atoms with E-state index in [1.165, 1.54) is 18.4 Å². The van der Waals surface area contributed by atoms with Gasteiger partial charge in [-0.05, 0) is 36.4 Å². The number of hydrogen-bond donors (Lipinski definition) is 1. The molecule has 9 nitrogen and oxygen atoms in total. The van der Waals surface area contributed by atoms with Crippen LogP contribution in [-0.2, 0) is 9.53 Å². The van der Waals surface area contributed by atoms with Crippen LogP contribution in [0.25, 0.3) is 22.4 Å². The molecule has 38 heavy (non-hydrogen) atoms. The molecule has 0 saturated heterocycles. The minimum Gasteiger partial charge on any atom is -0.463 e. The first kappa shape index (κ1) is 24.7. The number of amides is 1. The lowest BCUT2D eigenvalue weighted by Crippen LogP contribution is -2.26. The Hall–Kier alpha value is -5.02. The number of nitro benzene ring substituents is 1. The van der Waals surface area contributed by atoms with Crippen LogP contribution in [0.15, 0.2) is 102 Å². The number of ether oxygens (including phenoxy) is 1. The molecule has 0 saturated carbocycles. The number of carbonyl (C=O) groups is 2. The van der Waals surface area contributed by atoms with Crippen molar-refractivity contribution < 1.29 is 23.7 Å². The smallest absolute Gasteiger partial charge is 0.340 e. The van der Waals surface area contributed by atoms with E-state index in [0.717, 1.165) is 6.07 Å². The minimum atomic E-state index is -1.36. The number of benzene rings is 3. The van der Waals surface area contributed by atoms with Crippen molar-refractivity contribution >= 4 is 45.8 Å². The molecule has 2 heterocycles. The second kappa shape index (κ2) is 10.5. The third-order valence-electron chi connectivity index (χ3n) is 5.69. The maximum atomic E-state index is 13.5. The number of fused-ring (bicyclic) bond motifs is 1. The normalized spacial score (nSPS) is 11.6. The molecule has 10 heteroatoms. The largest absolute Gasteiger partial charge is 0.463 e. The molecule has 1 atom stereocenters. The number of halogens is 1. The molecule has 1 unspecified atom stereocenters. The van der Waals surface area contributed by atoms with Crippen molar-refractivity contribution in [2.24, 2.45) is 0 Å². The molecule has 0 radical (unpaired) electrons. The van der Waals surface area contributed by atoms with E-state index in [2.05, 4.69) is 10.3 Å². The highest BCUT2D eigenvalue weighted by Gasteiger charge is 2.28. The second-order valence-electron chi connectivity index (χ2n) is 8.16. The van der Waals surface area contributed by atoms with E-state index in [1.807, 2.05) is 0 Å². The number of nitro groups is 1. The first-order chi connectivity index (χ1) is 18.4. The number of carbonyl (C=O) groups excluding carboxylic acids is 2. The number of pyridine rings is 1. The van der Waals surface area contributed by atoms with Gasteiger partial charge in [-0.15, -0.1) is 0 Å². The van der Waals surface area contributed by atoms with Crippen LogP contribution in [0.3, 0.4) is 0 Å². The van der Waals surface area contributed by atoms with Crippen LogP contribution in [0.5, 0.6) is 0 Å². The van der Waals surface area contributed by atoms with Gasteiger partial charge in [0.25, 0.3) is 11.6 Å². The highest BCUT2D eigenvalue weighted by Crippen LogP contribution is 2.30. The Bertz CT molecular complexity index is 1650. The summed E-state index contributed by atoms with van der Waals surface area (Å²) in [6.45, 7) is 0. The van der Waals surface area contributed by atoms with Gasteiger partial charge in [-0.25, -0.2) is 9.78 Å². The third kappa shape index (κ3) is 5.09. The summed E-state index contributed by atoms with van der Waals surface area (Å²) in [7, 11) is 0. The zero-order valence-corrected chi connectivity index (χ0v) is 20.3. The highest BCUT2D eigenvalue weighted by molar-refractivity contribution is 6.32. The lowest BCUT2D eigenvalue weighted by molar-refractivity contribution is -0.384. The van der Waals surface area contributed by atoms with E-state index in [0.29, 0.717) is 27.9 Å². The molecule has 0 bridgehead atoms. The molecule has 3 aromatic carbocycles. The predicted molar refractivity (Wildman–Crippen MR) is 141 cm³/mol. The lowest BCUT2D eigenvalue weighted by Gasteiger charge is -2.19. The van der Waals surface area contributed by atoms with E-state index >= 15 is 0 Å². The van der Waals surface area contributed by atoms with Crippen molar-refractivity contribution in [1.29, 1.82) is 0 Å². The summed E-state index contributed by atoms with van der Waals surface area (Å²) in [4.78, 5) is 42.1. The van der Waals surface area contributed by atoms with Gasteiger partial charge in [0, 0.05) is 22.7 Å². The van der Waals surface area contributed by atoms with Gasteiger partial charge in [-0.3, -0.25) is 14.9 Å². The number of rotatable bonds is 7. The van der Waals surface area contributed by atoms with Crippen LogP contribution in [0.4, 0.5) is 11.4 Å². The Balaban J connectivity index is 1.50. The summed E-state index contributed by atoms with van der Waals surface area (Å²) in [5.74, 6) is -1.00. The predicted octanol–water partition coefficient (Wildman–Crippen LogP) is 6.59. The first-order valence-electron chi connectivity index (χ1n) is 11.3. The third-order valence-corrected chi connectivity index (χ3v) is 6.01. The Kier molecular flexibility index (Phi) is 6.84. The quantitative estimate of drug-likeness (QED) is 0.144. The first-order valence-corrected chi connectivity index (χ1v) is 11.7. The zero-order chi connectivity index (χ0) is 26.6. The average Bonchev–Trinajstić information content (AvgIpc) is 3.47. The fourth-order valence-corrected chi connectivity index (χ4v) is 4.09. The minimum absolute atomic E-state index is 0.0732. The summed E-state index contributed by atoms with van der Waals surface area (Å²) in [6.07, 6.45) is 0.138. The fourth-order valence-electron chi connectivity index (χ4n) is 3.90. The van der Waals surface area contributed by atoms with Crippen LogP contribution in [0.1, 0.15) is 22.0 Å². The number of hydrogen-bond acceptors (Lipinski definition) is 7. The molecule has 0 aliphatic heterocycles. The number of anilines is 1. The summed E-state index contributed by atoms with van der Waals surface area (Å²) < 4.78 is 11.2. The molecule has 0 fully saturated rings. The fraction of sp³-hybridized carbons (Fsp3) is 0.0357. The molecule has 5 rings (SSSR count). The maximum Gasteiger partial charge on any atom is 0.340 e. The van der Waals surface area contributed by atoms with Gasteiger partial charge in [-0.1, -0.05) is 60.1 Å². The maximum absolute atomic E-state index is 13.5. The summed E-state index contributed by atoms with van der Waals surface area (Å²) in [5, 5.41) is 14.3. The standard InChI is InChI=1S/C28H18ClN3O6/c29-21-13-12-18(15-24(21)32(35)36)30-27(33)26(17-7-2-1-3-8-17)38-28(34)20-16-23(25-11-6-14-37-25)31-22-10-5-4-9-19(20)22/h1-16,26H,(H,30,33). The van der Waals surface area contributed by atoms with E-state index in [1.54, 1.807) is 72.8 Å². The van der Waals surface area contributed by atoms with Crippen molar-refractivity contribution in [2.75, 3.05) is 5.32 Å². The molecular formula is C28H18ClN3O6. The highest BCUT2D eigenvalue weighted by atomic mass is 35.5. The number of aromatic nitrogens is 1. The van der Waals surface area contributed by atoms with Crippen LogP contribution in [0, 0.1) is 10.1 Å². The summed E-state index contributed by atoms with van der Waals surface area (Å²) in [6, 6.07) is 24.3. The summed E-state index contributed by atoms with van der Waals surface area (Å²) in [5.41, 5.74) is 1.32. The molecule has 1 amide bonds. The van der Waals surface area contributed by atoms with E-state index in [-0.39, 0.29) is 22.0 Å². The number of nitrogens with one attached hydrogen (secondary N) is 1. The topological polar surface area (TPSA) is 125 Å². The van der Waals surface area contributed by atoms with Crippen LogP contribution < -0.4 is 5.32 Å². The zero-order valence-electron chi connectivity index (χ0n) is 19.5. The number of furan rings is 1. The van der Waals surface area contributed by atoms with Crippen LogP contribution >= 0.6 is 11.6 Å². The van der Waals surface area contributed by atoms with Crippen molar-refractivity contribution in [3.8, 4) is 11.5 Å². The number of para-hydroxylation sites is 1. The van der Waals surface area contributed by atoms with Gasteiger partial charge in [-0.2, -0.15) is 0 Å². The lowest BCUT2D eigenvalue weighted by atomic mass is 10.1. The van der Waals surface area contributed by atoms with Gasteiger partial charge in [0.1, 0.15) is 10.7 Å². The van der Waals surface area contributed by atoms with E-state index < -0.39 is 22.9 Å². The van der Waals surface area contributed by atoms with E-state index in [9.17, 15) is 19.7 Å². The molecule has 5 aromatic rings. The SMILES string of the molecule is O=C(OC(C(=O)Nc1ccc(Cl)c([N+](=O)[O-])c1)c1ccccc1)c1cc(-c2ccco2)nc2ccccc12. The van der Waals surface area contributed by atoms with Gasteiger partial charge in [0.2, 0.25) is 6.10 Å². The Labute approximate surface area is 220 Å². The molecular weight excluding hydrogens is 510 g/mol. The second-order valence-corrected chi connectivity index (χ2v) is 8.57. The van der Waals surface area contributed by atoms with Crippen molar-refractivity contribution in [1.82, 2.24) is 4.98 Å². The van der Waals surface area contributed by atoms with Gasteiger partial charge < -0.3 is 14.5 Å². The molecule has 0 aliphatic rings. The van der Waals surface area contributed by atoms with Crippen LogP contribution in [0.2, 0.25) is 5.02 Å². The van der Waals surface area contributed by atoms with E-state index in [4.69, 9.17) is 20.8 Å². The average molecular weight is 528 g/mol. The van der Waals surface area contributed by atoms with Gasteiger partial charge in [0.15, 0.2) is 5.76 Å². The molecule has 188 valence electrons. The summed E-state index contributed by atoms with van der Waals surface area (Å²) >= 11 is 5.88. The van der Waals surface area contributed by atoms with Gasteiger partial charge >= 0.3 is 5.97 Å².